The normalized spacial score (nSPS) is 19.6. The lowest BCUT2D eigenvalue weighted by Crippen LogP contribution is -2.57. The molecule has 1 fully saturated rings. The first-order chi connectivity index (χ1) is 27.0. The summed E-state index contributed by atoms with van der Waals surface area (Å²) in [5.41, 5.74) is 2.15. The van der Waals surface area contributed by atoms with Gasteiger partial charge in [0, 0.05) is 86.8 Å². The Hall–Kier alpha value is -5.31. The van der Waals surface area contributed by atoms with E-state index < -0.39 is 16.2 Å². The van der Waals surface area contributed by atoms with Crippen LogP contribution in [0, 0.1) is 27.3 Å². The van der Waals surface area contributed by atoms with Crippen LogP contribution in [0.1, 0.15) is 59.8 Å². The number of methoxy groups -OCH3 is 1. The molecule has 294 valence electrons. The lowest BCUT2D eigenvalue weighted by Gasteiger charge is -2.51. The molecule has 3 aromatic carbocycles. The molecule has 56 heavy (non-hydrogen) atoms. The van der Waals surface area contributed by atoms with Crippen molar-refractivity contribution >= 4 is 34.0 Å². The fourth-order valence-electron chi connectivity index (χ4n) is 8.76. The molecule has 1 aromatic heterocycles. The Labute approximate surface area is 324 Å². The summed E-state index contributed by atoms with van der Waals surface area (Å²) in [5, 5.41) is 19.6. The molecule has 3 atom stereocenters. The Balaban J connectivity index is 0.926. The second-order valence-corrected chi connectivity index (χ2v) is 15.5. The van der Waals surface area contributed by atoms with Gasteiger partial charge in [0.2, 0.25) is 5.91 Å². The van der Waals surface area contributed by atoms with E-state index in [2.05, 4.69) is 41.1 Å². The number of aromatic nitrogens is 2. The average molecular weight is 767 g/mol. The van der Waals surface area contributed by atoms with Gasteiger partial charge in [-0.1, -0.05) is 50.3 Å². The van der Waals surface area contributed by atoms with Crippen LogP contribution >= 0.6 is 0 Å². The molecule has 4 aromatic rings. The molecule has 3 aliphatic rings. The van der Waals surface area contributed by atoms with Crippen LogP contribution in [-0.2, 0) is 20.7 Å². The smallest absolute Gasteiger partial charge is 0.272 e. The number of amides is 2. The first-order valence-corrected chi connectivity index (χ1v) is 19.1. The standard InChI is InChI=1S/C42H47FN6O7/c1-42(2,26-55-3)39-31-10-6-9-29(31)33-25-28(49(53)54)12-14-37(33)48(39)38(50)15-21-56-22-20-46-16-18-47(19-17-46)41(52)34-23-27(11-13-35(34)43)24-36-30-7-4-5-8-32(30)40(51)45-44-36/h4-9,11-14,23,25,29,31,39H,10,15-22,24,26H2,1-3H3,(H,45,51). The number of rotatable bonds is 13. The Morgan fingerprint density at radius 2 is 1.80 bits per heavy atom. The maximum atomic E-state index is 15.0. The summed E-state index contributed by atoms with van der Waals surface area (Å²) in [6.07, 6.45) is 5.44. The van der Waals surface area contributed by atoms with Crippen molar-refractivity contribution in [3.8, 4) is 0 Å². The topological polar surface area (TPSA) is 151 Å². The van der Waals surface area contributed by atoms with Crippen LogP contribution < -0.4 is 10.5 Å². The number of hydrogen-bond donors (Lipinski definition) is 1. The third-order valence-electron chi connectivity index (χ3n) is 11.4. The van der Waals surface area contributed by atoms with Gasteiger partial charge in [-0.05, 0) is 47.7 Å². The van der Waals surface area contributed by atoms with E-state index in [4.69, 9.17) is 9.47 Å². The van der Waals surface area contributed by atoms with Gasteiger partial charge >= 0.3 is 0 Å². The van der Waals surface area contributed by atoms with Gasteiger partial charge in [-0.2, -0.15) is 5.10 Å². The molecule has 13 nitrogen and oxygen atoms in total. The highest BCUT2D eigenvalue weighted by molar-refractivity contribution is 5.96. The van der Waals surface area contributed by atoms with Gasteiger partial charge in [0.15, 0.2) is 0 Å². The van der Waals surface area contributed by atoms with E-state index in [1.165, 1.54) is 12.1 Å². The molecule has 1 aliphatic carbocycles. The number of nitrogens with zero attached hydrogens (tertiary/aromatic N) is 5. The van der Waals surface area contributed by atoms with Crippen LogP contribution in [0.4, 0.5) is 15.8 Å². The van der Waals surface area contributed by atoms with Gasteiger partial charge < -0.3 is 19.3 Å². The fraction of sp³-hybridized carbons (Fsp3) is 0.429. The minimum absolute atomic E-state index is 0.000190. The van der Waals surface area contributed by atoms with Crippen LogP contribution in [0.2, 0.25) is 0 Å². The predicted octanol–water partition coefficient (Wildman–Crippen LogP) is 5.47. The molecule has 0 spiro atoms. The monoisotopic (exact) mass is 766 g/mol. The summed E-state index contributed by atoms with van der Waals surface area (Å²) in [5.74, 6) is -1.04. The number of fused-ring (bicyclic) bond motifs is 4. The van der Waals surface area contributed by atoms with Gasteiger partial charge in [0.1, 0.15) is 5.82 Å². The molecule has 14 heteroatoms. The van der Waals surface area contributed by atoms with Crippen molar-refractivity contribution in [2.45, 2.75) is 45.1 Å². The summed E-state index contributed by atoms with van der Waals surface area (Å²) in [7, 11) is 1.65. The first-order valence-electron chi connectivity index (χ1n) is 19.1. The number of nitro benzene ring substituents is 1. The molecule has 1 N–H and O–H groups in total. The van der Waals surface area contributed by atoms with Gasteiger partial charge in [0.05, 0.1) is 47.8 Å². The number of H-pyrrole nitrogens is 1. The Kier molecular flexibility index (Phi) is 11.4. The Morgan fingerprint density at radius 3 is 2.55 bits per heavy atom. The maximum absolute atomic E-state index is 15.0. The van der Waals surface area contributed by atoms with Crippen molar-refractivity contribution in [3.05, 3.63) is 121 Å². The molecule has 1 saturated heterocycles. The van der Waals surface area contributed by atoms with Crippen molar-refractivity contribution in [1.29, 1.82) is 0 Å². The summed E-state index contributed by atoms with van der Waals surface area (Å²) in [6.45, 7) is 7.87. The predicted molar refractivity (Wildman–Crippen MR) is 209 cm³/mol. The molecule has 7 rings (SSSR count). The summed E-state index contributed by atoms with van der Waals surface area (Å²) in [6, 6.07) is 16.2. The SMILES string of the molecule is COCC(C)(C)C1C2CC=CC2c2cc([N+](=O)[O-])ccc2N1C(=O)CCOCCN1CCN(C(=O)c2cc(Cc3n[nH]c(=O)c4ccccc34)ccc2F)CC1. The molecule has 2 amide bonds. The second kappa shape index (κ2) is 16.4. The van der Waals surface area contributed by atoms with E-state index in [9.17, 15) is 24.5 Å². The van der Waals surface area contributed by atoms with E-state index in [0.29, 0.717) is 80.1 Å². The molecule has 3 heterocycles. The van der Waals surface area contributed by atoms with Crippen molar-refractivity contribution in [1.82, 2.24) is 20.0 Å². The van der Waals surface area contributed by atoms with E-state index in [-0.39, 0.29) is 59.5 Å². The van der Waals surface area contributed by atoms with E-state index in [1.54, 1.807) is 48.4 Å². The summed E-state index contributed by atoms with van der Waals surface area (Å²) in [4.78, 5) is 56.7. The zero-order valence-corrected chi connectivity index (χ0v) is 31.9. The number of halogens is 1. The van der Waals surface area contributed by atoms with Gasteiger partial charge in [0.25, 0.3) is 17.2 Å². The van der Waals surface area contributed by atoms with E-state index >= 15 is 4.39 Å². The third kappa shape index (κ3) is 7.86. The zero-order chi connectivity index (χ0) is 39.6. The number of aromatic amines is 1. The van der Waals surface area contributed by atoms with Crippen molar-refractivity contribution in [2.24, 2.45) is 11.3 Å². The van der Waals surface area contributed by atoms with Crippen LogP contribution in [0.25, 0.3) is 10.8 Å². The van der Waals surface area contributed by atoms with Crippen LogP contribution in [0.5, 0.6) is 0 Å². The second-order valence-electron chi connectivity index (χ2n) is 15.5. The third-order valence-corrected chi connectivity index (χ3v) is 11.4. The first kappa shape index (κ1) is 38.9. The molecule has 0 radical (unpaired) electrons. The number of ether oxygens (including phenoxy) is 2. The summed E-state index contributed by atoms with van der Waals surface area (Å²) < 4.78 is 26.6. The van der Waals surface area contributed by atoms with Gasteiger partial charge in [-0.25, -0.2) is 9.49 Å². The van der Waals surface area contributed by atoms with Crippen molar-refractivity contribution in [3.63, 3.8) is 0 Å². The van der Waals surface area contributed by atoms with E-state index in [0.717, 1.165) is 12.0 Å². The van der Waals surface area contributed by atoms with Crippen LogP contribution in [0.3, 0.4) is 0 Å². The molecule has 3 unspecified atom stereocenters. The number of carbonyl (C=O) groups excluding carboxylic acids is 2. The number of nitro groups is 1. The Morgan fingerprint density at radius 1 is 1.04 bits per heavy atom. The lowest BCUT2D eigenvalue weighted by molar-refractivity contribution is -0.384. The summed E-state index contributed by atoms with van der Waals surface area (Å²) >= 11 is 0. The zero-order valence-electron chi connectivity index (χ0n) is 31.9. The minimum atomic E-state index is -0.592. The maximum Gasteiger partial charge on any atom is 0.272 e. The fourth-order valence-corrected chi connectivity index (χ4v) is 8.76. The number of benzene rings is 3. The van der Waals surface area contributed by atoms with Gasteiger partial charge in [-0.3, -0.25) is 29.4 Å². The lowest BCUT2D eigenvalue weighted by atomic mass is 9.68. The van der Waals surface area contributed by atoms with Crippen LogP contribution in [-0.4, -0.2) is 102 Å². The largest absolute Gasteiger partial charge is 0.384 e. The highest BCUT2D eigenvalue weighted by atomic mass is 19.1. The molecular weight excluding hydrogens is 719 g/mol. The number of anilines is 1. The van der Waals surface area contributed by atoms with Crippen LogP contribution in [0.15, 0.2) is 77.6 Å². The highest BCUT2D eigenvalue weighted by Gasteiger charge is 2.50. The number of piperazine rings is 1. The molecule has 2 aliphatic heterocycles. The molecular formula is C42H47FN6O7. The van der Waals surface area contributed by atoms with E-state index in [1.807, 2.05) is 17.0 Å². The quantitative estimate of drug-likeness (QED) is 0.0809. The minimum Gasteiger partial charge on any atom is -0.384 e. The number of nitrogens with one attached hydrogen (secondary N) is 1. The van der Waals surface area contributed by atoms with Crippen molar-refractivity contribution < 1.29 is 28.4 Å². The molecule has 0 saturated carbocycles. The number of carbonyl (C=O) groups is 2. The highest BCUT2D eigenvalue weighted by Crippen LogP contribution is 2.52. The Bertz CT molecular complexity index is 2220. The van der Waals surface area contributed by atoms with Crippen molar-refractivity contribution in [2.75, 3.05) is 64.6 Å². The average Bonchev–Trinajstić information content (AvgIpc) is 3.69. The number of non-ortho nitro benzene ring substituents is 1. The van der Waals surface area contributed by atoms with Gasteiger partial charge in [-0.15, -0.1) is 0 Å². The number of hydrogen-bond acceptors (Lipinski definition) is 9. The molecule has 0 bridgehead atoms. The number of allylic oxidation sites excluding steroid dienone is 2.